The lowest BCUT2D eigenvalue weighted by atomic mass is 10.1. The molecule has 0 aromatic heterocycles. The molecule has 1 unspecified atom stereocenters. The summed E-state index contributed by atoms with van der Waals surface area (Å²) in [5.74, 6) is 0.870. The van der Waals surface area contributed by atoms with E-state index < -0.39 is 0 Å². The lowest BCUT2D eigenvalue weighted by Crippen LogP contribution is -2.38. The summed E-state index contributed by atoms with van der Waals surface area (Å²) in [5, 5.41) is 8.94. The topological polar surface area (TPSA) is 49.8 Å². The second-order valence-corrected chi connectivity index (χ2v) is 5.76. The van der Waals surface area contributed by atoms with Gasteiger partial charge in [-0.15, -0.1) is 0 Å². The number of amides is 1. The Morgan fingerprint density at radius 2 is 2.10 bits per heavy atom. The highest BCUT2D eigenvalue weighted by molar-refractivity contribution is 5.78. The Balaban J connectivity index is 1.92. The summed E-state index contributed by atoms with van der Waals surface area (Å²) in [6, 6.07) is 6.25. The smallest absolute Gasteiger partial charge is 0.260 e. The van der Waals surface area contributed by atoms with Gasteiger partial charge in [0.05, 0.1) is 0 Å². The quantitative estimate of drug-likeness (QED) is 0.876. The maximum atomic E-state index is 12.4. The van der Waals surface area contributed by atoms with Crippen molar-refractivity contribution in [2.45, 2.75) is 45.6 Å². The lowest BCUT2D eigenvalue weighted by Gasteiger charge is -2.25. The first-order valence-corrected chi connectivity index (χ1v) is 7.73. The van der Waals surface area contributed by atoms with Crippen molar-refractivity contribution < 1.29 is 14.6 Å². The van der Waals surface area contributed by atoms with Crippen LogP contribution in [-0.2, 0) is 4.79 Å². The predicted octanol–water partition coefficient (Wildman–Crippen LogP) is 2.45. The zero-order valence-corrected chi connectivity index (χ0v) is 13.0. The first kappa shape index (κ1) is 15.8. The number of aliphatic hydroxyl groups excluding tert-OH is 1. The number of para-hydroxylation sites is 1. The Bertz CT molecular complexity index is 467. The maximum absolute atomic E-state index is 12.4. The molecule has 1 heterocycles. The van der Waals surface area contributed by atoms with Crippen LogP contribution in [0.4, 0.5) is 0 Å². The van der Waals surface area contributed by atoms with Gasteiger partial charge in [0.2, 0.25) is 0 Å². The van der Waals surface area contributed by atoms with E-state index in [9.17, 15) is 4.79 Å². The number of likely N-dealkylation sites (tertiary alicyclic amines) is 1. The van der Waals surface area contributed by atoms with Crippen LogP contribution in [0.1, 0.15) is 36.8 Å². The molecule has 0 spiro atoms. The fourth-order valence-corrected chi connectivity index (χ4v) is 3.03. The molecule has 116 valence electrons. The van der Waals surface area contributed by atoms with Crippen LogP contribution in [0.5, 0.6) is 5.75 Å². The molecule has 1 aliphatic heterocycles. The van der Waals surface area contributed by atoms with E-state index in [-0.39, 0.29) is 25.2 Å². The first-order valence-electron chi connectivity index (χ1n) is 7.73. The Hall–Kier alpha value is -1.55. The van der Waals surface area contributed by atoms with Crippen molar-refractivity contribution in [1.29, 1.82) is 0 Å². The van der Waals surface area contributed by atoms with Crippen molar-refractivity contribution in [3.05, 3.63) is 29.3 Å². The third kappa shape index (κ3) is 3.97. The Kier molecular flexibility index (Phi) is 5.62. The third-order valence-corrected chi connectivity index (χ3v) is 4.14. The van der Waals surface area contributed by atoms with Crippen LogP contribution in [-0.4, -0.2) is 41.7 Å². The van der Waals surface area contributed by atoms with Gasteiger partial charge in [-0.25, -0.2) is 0 Å². The van der Waals surface area contributed by atoms with Crippen LogP contribution >= 0.6 is 0 Å². The molecule has 4 heteroatoms. The minimum absolute atomic E-state index is 0.0538. The fourth-order valence-electron chi connectivity index (χ4n) is 3.03. The lowest BCUT2D eigenvalue weighted by molar-refractivity contribution is -0.134. The van der Waals surface area contributed by atoms with Crippen molar-refractivity contribution >= 4 is 5.91 Å². The molecule has 1 N–H and O–H groups in total. The van der Waals surface area contributed by atoms with Gasteiger partial charge in [0.15, 0.2) is 6.61 Å². The van der Waals surface area contributed by atoms with E-state index >= 15 is 0 Å². The van der Waals surface area contributed by atoms with Crippen molar-refractivity contribution in [3.8, 4) is 5.75 Å². The monoisotopic (exact) mass is 291 g/mol. The van der Waals surface area contributed by atoms with E-state index in [4.69, 9.17) is 9.84 Å². The summed E-state index contributed by atoms with van der Waals surface area (Å²) in [7, 11) is 0. The Labute approximate surface area is 126 Å². The summed E-state index contributed by atoms with van der Waals surface area (Å²) in [6.45, 7) is 5.09. The van der Waals surface area contributed by atoms with Crippen LogP contribution in [0, 0.1) is 13.8 Å². The molecule has 1 aromatic carbocycles. The highest BCUT2D eigenvalue weighted by atomic mass is 16.5. The van der Waals surface area contributed by atoms with Gasteiger partial charge in [0.1, 0.15) is 5.75 Å². The molecule has 0 radical (unpaired) electrons. The molecule has 0 aliphatic carbocycles. The Morgan fingerprint density at radius 1 is 1.38 bits per heavy atom. The van der Waals surface area contributed by atoms with Crippen LogP contribution in [0.25, 0.3) is 0 Å². The average Bonchev–Trinajstić information content (AvgIpc) is 2.92. The number of hydrogen-bond donors (Lipinski definition) is 1. The van der Waals surface area contributed by atoms with Gasteiger partial charge >= 0.3 is 0 Å². The molecule has 1 saturated heterocycles. The largest absolute Gasteiger partial charge is 0.483 e. The number of carbonyl (C=O) groups is 1. The molecule has 21 heavy (non-hydrogen) atoms. The zero-order valence-electron chi connectivity index (χ0n) is 13.0. The van der Waals surface area contributed by atoms with E-state index in [1.54, 1.807) is 0 Å². The molecule has 0 bridgehead atoms. The Morgan fingerprint density at radius 3 is 2.76 bits per heavy atom. The summed E-state index contributed by atoms with van der Waals surface area (Å²) in [6.07, 6.45) is 3.72. The predicted molar refractivity (Wildman–Crippen MR) is 82.5 cm³/mol. The number of nitrogens with zero attached hydrogens (tertiary/aromatic N) is 1. The maximum Gasteiger partial charge on any atom is 0.260 e. The van der Waals surface area contributed by atoms with Crippen LogP contribution in [0.3, 0.4) is 0 Å². The van der Waals surface area contributed by atoms with Crippen LogP contribution in [0.2, 0.25) is 0 Å². The first-order chi connectivity index (χ1) is 10.1. The highest BCUT2D eigenvalue weighted by Gasteiger charge is 2.28. The van der Waals surface area contributed by atoms with Crippen molar-refractivity contribution in [2.24, 2.45) is 0 Å². The summed E-state index contributed by atoms with van der Waals surface area (Å²) < 4.78 is 5.75. The molecule has 0 saturated carbocycles. The summed E-state index contributed by atoms with van der Waals surface area (Å²) >= 11 is 0. The SMILES string of the molecule is Cc1cccc(C)c1OCC(=O)N1CCCC1CCCO. The number of aliphatic hydroxyl groups is 1. The average molecular weight is 291 g/mol. The summed E-state index contributed by atoms with van der Waals surface area (Å²) in [5.41, 5.74) is 2.11. The van der Waals surface area contributed by atoms with Gasteiger partial charge in [-0.1, -0.05) is 18.2 Å². The molecular weight excluding hydrogens is 266 g/mol. The highest BCUT2D eigenvalue weighted by Crippen LogP contribution is 2.24. The van der Waals surface area contributed by atoms with E-state index in [1.165, 1.54) is 0 Å². The number of aryl methyl sites for hydroxylation is 2. The summed E-state index contributed by atoms with van der Waals surface area (Å²) in [4.78, 5) is 14.3. The third-order valence-electron chi connectivity index (χ3n) is 4.14. The van der Waals surface area contributed by atoms with E-state index in [1.807, 2.05) is 36.9 Å². The van der Waals surface area contributed by atoms with Gasteiger partial charge < -0.3 is 14.7 Å². The van der Waals surface area contributed by atoms with Crippen LogP contribution < -0.4 is 4.74 Å². The second-order valence-electron chi connectivity index (χ2n) is 5.76. The molecule has 1 amide bonds. The van der Waals surface area contributed by atoms with Crippen molar-refractivity contribution in [3.63, 3.8) is 0 Å². The fraction of sp³-hybridized carbons (Fsp3) is 0.588. The van der Waals surface area contributed by atoms with E-state index in [2.05, 4.69) is 0 Å². The number of ether oxygens (including phenoxy) is 1. The van der Waals surface area contributed by atoms with Gasteiger partial charge in [-0.2, -0.15) is 0 Å². The minimum Gasteiger partial charge on any atom is -0.483 e. The van der Waals surface area contributed by atoms with E-state index in [0.717, 1.165) is 49.1 Å². The molecule has 1 aromatic rings. The normalized spacial score (nSPS) is 18.0. The van der Waals surface area contributed by atoms with Gasteiger partial charge in [0.25, 0.3) is 5.91 Å². The standard InChI is InChI=1S/C17H25NO3/c1-13-6-3-7-14(2)17(13)21-12-16(20)18-10-4-8-15(18)9-5-11-19/h3,6-7,15,19H,4-5,8-12H2,1-2H3. The number of rotatable bonds is 6. The molecule has 1 fully saturated rings. The van der Waals surface area contributed by atoms with E-state index in [0.29, 0.717) is 0 Å². The zero-order chi connectivity index (χ0) is 15.2. The number of hydrogen-bond acceptors (Lipinski definition) is 3. The molecule has 4 nitrogen and oxygen atoms in total. The van der Waals surface area contributed by atoms with Crippen molar-refractivity contribution in [1.82, 2.24) is 4.90 Å². The van der Waals surface area contributed by atoms with Gasteiger partial charge in [-0.3, -0.25) is 4.79 Å². The molecular formula is C17H25NO3. The number of benzene rings is 1. The van der Waals surface area contributed by atoms with Gasteiger partial charge in [-0.05, 0) is 50.7 Å². The minimum atomic E-state index is 0.0538. The number of carbonyl (C=O) groups excluding carboxylic acids is 1. The molecule has 1 atom stereocenters. The molecule has 2 rings (SSSR count). The van der Waals surface area contributed by atoms with Gasteiger partial charge in [0, 0.05) is 19.2 Å². The van der Waals surface area contributed by atoms with Crippen molar-refractivity contribution in [2.75, 3.05) is 19.8 Å². The second kappa shape index (κ2) is 7.46. The van der Waals surface area contributed by atoms with Crippen LogP contribution in [0.15, 0.2) is 18.2 Å². The molecule has 1 aliphatic rings.